The highest BCUT2D eigenvalue weighted by Crippen LogP contribution is 2.19. The van der Waals surface area contributed by atoms with Crippen LogP contribution in [0.5, 0.6) is 0 Å². The standard InChI is InChI=1S/C14H14S2/c1-3-4-13(9-11(2)10-15)12-5-7-14(16)8-6-12/h3-10,16H,2H2,1H3/b4-3-,13-9+. The summed E-state index contributed by atoms with van der Waals surface area (Å²) >= 11 is 9.11. The number of benzene rings is 1. The molecule has 1 aromatic rings. The van der Waals surface area contributed by atoms with Gasteiger partial charge in [-0.15, -0.1) is 12.6 Å². The van der Waals surface area contributed by atoms with E-state index in [1.165, 1.54) is 0 Å². The number of rotatable bonds is 4. The fraction of sp³-hybridized carbons (Fsp3) is 0.0714. The van der Waals surface area contributed by atoms with E-state index in [0.717, 1.165) is 21.6 Å². The Kier molecular flexibility index (Phi) is 5.23. The zero-order valence-corrected chi connectivity index (χ0v) is 10.9. The lowest BCUT2D eigenvalue weighted by molar-refractivity contribution is 1.45. The highest BCUT2D eigenvalue weighted by atomic mass is 32.1. The van der Waals surface area contributed by atoms with Gasteiger partial charge in [0.15, 0.2) is 0 Å². The molecule has 0 nitrogen and oxygen atoms in total. The molecule has 0 heterocycles. The zero-order chi connectivity index (χ0) is 12.0. The Labute approximate surface area is 108 Å². The minimum absolute atomic E-state index is 0.832. The van der Waals surface area contributed by atoms with Crippen molar-refractivity contribution < 1.29 is 0 Å². The molecule has 1 aromatic carbocycles. The second-order valence-electron chi connectivity index (χ2n) is 3.34. The average molecular weight is 246 g/mol. The average Bonchev–Trinajstić information content (AvgIpc) is 2.29. The topological polar surface area (TPSA) is 0 Å². The Morgan fingerprint density at radius 3 is 2.44 bits per heavy atom. The molecule has 0 aliphatic rings. The Hall–Kier alpha value is -1.12. The summed E-state index contributed by atoms with van der Waals surface area (Å²) in [6.45, 7) is 5.84. The van der Waals surface area contributed by atoms with Gasteiger partial charge in [0.05, 0.1) is 0 Å². The molecule has 82 valence electrons. The third kappa shape index (κ3) is 3.80. The van der Waals surface area contributed by atoms with E-state index in [4.69, 9.17) is 12.2 Å². The van der Waals surface area contributed by atoms with E-state index in [1.807, 2.05) is 49.4 Å². The Balaban J connectivity index is 3.12. The highest BCUT2D eigenvalue weighted by molar-refractivity contribution is 7.80. The van der Waals surface area contributed by atoms with Gasteiger partial charge in [-0.1, -0.05) is 43.1 Å². The van der Waals surface area contributed by atoms with Crippen LogP contribution in [0.3, 0.4) is 0 Å². The van der Waals surface area contributed by atoms with Crippen molar-refractivity contribution >= 4 is 35.8 Å². The summed E-state index contributed by atoms with van der Waals surface area (Å²) < 4.78 is 0. The maximum absolute atomic E-state index is 4.84. The Bertz CT molecular complexity index is 436. The van der Waals surface area contributed by atoms with Crippen molar-refractivity contribution in [2.45, 2.75) is 11.8 Å². The smallest absolute Gasteiger partial charge is 0.00803 e. The Morgan fingerprint density at radius 2 is 1.94 bits per heavy atom. The van der Waals surface area contributed by atoms with Gasteiger partial charge in [0.2, 0.25) is 0 Å². The summed E-state index contributed by atoms with van der Waals surface area (Å²) in [5.41, 5.74) is 3.06. The number of thiocarbonyl (C=S) groups is 1. The van der Waals surface area contributed by atoms with Crippen LogP contribution in [-0.4, -0.2) is 5.37 Å². The van der Waals surface area contributed by atoms with Gasteiger partial charge >= 0.3 is 0 Å². The van der Waals surface area contributed by atoms with Crippen molar-refractivity contribution in [1.29, 1.82) is 0 Å². The van der Waals surface area contributed by atoms with Crippen LogP contribution in [-0.2, 0) is 0 Å². The summed E-state index contributed by atoms with van der Waals surface area (Å²) in [7, 11) is 0. The molecular weight excluding hydrogens is 232 g/mol. The van der Waals surface area contributed by atoms with E-state index in [1.54, 1.807) is 5.37 Å². The van der Waals surface area contributed by atoms with Crippen LogP contribution in [0.15, 0.2) is 59.5 Å². The molecule has 0 bridgehead atoms. The first-order valence-electron chi connectivity index (χ1n) is 4.95. The highest BCUT2D eigenvalue weighted by Gasteiger charge is 1.97. The monoisotopic (exact) mass is 246 g/mol. The van der Waals surface area contributed by atoms with Gasteiger partial charge in [0.1, 0.15) is 0 Å². The SMILES string of the molecule is C=C(C=S)/C=C(\C=C/C)c1ccc(S)cc1. The quantitative estimate of drug-likeness (QED) is 0.353. The van der Waals surface area contributed by atoms with Crippen LogP contribution in [0, 0.1) is 0 Å². The predicted molar refractivity (Wildman–Crippen MR) is 79.3 cm³/mol. The molecule has 0 N–H and O–H groups in total. The van der Waals surface area contributed by atoms with E-state index in [0.29, 0.717) is 0 Å². The number of hydrogen-bond acceptors (Lipinski definition) is 2. The first-order valence-corrected chi connectivity index (χ1v) is 5.87. The van der Waals surface area contributed by atoms with Crippen LogP contribution >= 0.6 is 24.8 Å². The molecule has 0 amide bonds. The molecule has 0 fully saturated rings. The lowest BCUT2D eigenvalue weighted by atomic mass is 10.0. The van der Waals surface area contributed by atoms with Crippen molar-refractivity contribution in [3.8, 4) is 0 Å². The molecule has 0 saturated heterocycles. The summed E-state index contributed by atoms with van der Waals surface area (Å²) in [6, 6.07) is 8.00. The molecule has 2 heteroatoms. The number of hydrogen-bond donors (Lipinski definition) is 1. The van der Waals surface area contributed by atoms with Gasteiger partial charge in [-0.05, 0) is 41.8 Å². The van der Waals surface area contributed by atoms with E-state index < -0.39 is 0 Å². The van der Waals surface area contributed by atoms with Gasteiger partial charge in [-0.25, -0.2) is 0 Å². The first-order chi connectivity index (χ1) is 7.67. The molecule has 1 rings (SSSR count). The van der Waals surface area contributed by atoms with E-state index in [-0.39, 0.29) is 0 Å². The molecule has 0 saturated carbocycles. The molecule has 0 radical (unpaired) electrons. The predicted octanol–water partition coefficient (Wildman–Crippen LogP) is 4.49. The van der Waals surface area contributed by atoms with Crippen LogP contribution in [0.1, 0.15) is 12.5 Å². The maximum Gasteiger partial charge on any atom is 0.00803 e. The third-order valence-corrected chi connectivity index (χ3v) is 2.64. The van der Waals surface area contributed by atoms with E-state index in [9.17, 15) is 0 Å². The van der Waals surface area contributed by atoms with Crippen LogP contribution in [0.4, 0.5) is 0 Å². The van der Waals surface area contributed by atoms with Crippen molar-refractivity contribution in [3.63, 3.8) is 0 Å². The molecule has 0 aliphatic carbocycles. The lowest BCUT2D eigenvalue weighted by Gasteiger charge is -2.03. The molecule has 16 heavy (non-hydrogen) atoms. The Morgan fingerprint density at radius 1 is 1.31 bits per heavy atom. The van der Waals surface area contributed by atoms with E-state index in [2.05, 4.69) is 19.2 Å². The fourth-order valence-corrected chi connectivity index (χ4v) is 1.51. The third-order valence-electron chi connectivity index (χ3n) is 2.04. The fourth-order valence-electron chi connectivity index (χ4n) is 1.29. The maximum atomic E-state index is 4.84. The normalized spacial score (nSPS) is 11.8. The van der Waals surface area contributed by atoms with Crippen molar-refractivity contribution in [1.82, 2.24) is 0 Å². The van der Waals surface area contributed by atoms with Gasteiger partial charge in [0.25, 0.3) is 0 Å². The molecule has 0 spiro atoms. The second-order valence-corrected chi connectivity index (χ2v) is 4.09. The minimum atomic E-state index is 0.832. The van der Waals surface area contributed by atoms with Gasteiger partial charge in [-0.2, -0.15) is 0 Å². The molecule has 0 unspecified atom stereocenters. The van der Waals surface area contributed by atoms with Gasteiger partial charge in [-0.3, -0.25) is 0 Å². The van der Waals surface area contributed by atoms with Crippen LogP contribution < -0.4 is 0 Å². The van der Waals surface area contributed by atoms with E-state index >= 15 is 0 Å². The second kappa shape index (κ2) is 6.46. The molecule has 0 atom stereocenters. The van der Waals surface area contributed by atoms with Gasteiger partial charge < -0.3 is 0 Å². The zero-order valence-electron chi connectivity index (χ0n) is 9.18. The largest absolute Gasteiger partial charge is 0.143 e. The first kappa shape index (κ1) is 12.9. The molecule has 0 aliphatic heterocycles. The van der Waals surface area contributed by atoms with Crippen LogP contribution in [0.25, 0.3) is 5.57 Å². The van der Waals surface area contributed by atoms with Crippen molar-refractivity contribution in [3.05, 3.63) is 60.2 Å². The lowest BCUT2D eigenvalue weighted by Crippen LogP contribution is -1.83. The summed E-state index contributed by atoms with van der Waals surface area (Å²) in [6.07, 6.45) is 6.01. The van der Waals surface area contributed by atoms with Crippen molar-refractivity contribution in [2.75, 3.05) is 0 Å². The number of thiol groups is 1. The summed E-state index contributed by atoms with van der Waals surface area (Å²) in [4.78, 5) is 0.956. The number of allylic oxidation sites excluding steroid dienone is 5. The van der Waals surface area contributed by atoms with Gasteiger partial charge in [0, 0.05) is 10.3 Å². The summed E-state index contributed by atoms with van der Waals surface area (Å²) in [5.74, 6) is 0. The molecule has 0 aromatic heterocycles. The minimum Gasteiger partial charge on any atom is -0.143 e. The van der Waals surface area contributed by atoms with Crippen LogP contribution in [0.2, 0.25) is 0 Å². The van der Waals surface area contributed by atoms with Crippen molar-refractivity contribution in [2.24, 2.45) is 0 Å². The molecular formula is C14H14S2. The summed E-state index contributed by atoms with van der Waals surface area (Å²) in [5, 5.41) is 1.58.